The second-order valence-electron chi connectivity index (χ2n) is 9.72. The van der Waals surface area contributed by atoms with Crippen LogP contribution in [0.4, 0.5) is 0 Å². The van der Waals surface area contributed by atoms with E-state index in [4.69, 9.17) is 9.47 Å². The first-order valence-corrected chi connectivity index (χ1v) is 13.6. The summed E-state index contributed by atoms with van der Waals surface area (Å²) in [5.74, 6) is -2.99. The Labute approximate surface area is 241 Å². The Bertz CT molecular complexity index is 1790. The highest BCUT2D eigenvalue weighted by atomic mass is 16.5. The summed E-state index contributed by atoms with van der Waals surface area (Å²) in [6.45, 7) is 3.38. The smallest absolute Gasteiger partial charge is 0.341 e. The third-order valence-electron chi connectivity index (χ3n) is 7.22. The molecule has 0 unspecified atom stereocenters. The average Bonchev–Trinajstić information content (AvgIpc) is 3.52. The van der Waals surface area contributed by atoms with Crippen molar-refractivity contribution in [3.63, 3.8) is 0 Å². The number of rotatable bonds is 6. The highest BCUT2D eigenvalue weighted by Crippen LogP contribution is 2.39. The molecule has 6 rings (SSSR count). The van der Waals surface area contributed by atoms with E-state index in [2.05, 4.69) is 10.6 Å². The van der Waals surface area contributed by atoms with Crippen molar-refractivity contribution in [2.75, 3.05) is 13.2 Å². The topological polar surface area (TPSA) is 111 Å². The van der Waals surface area contributed by atoms with Crippen LogP contribution in [0.2, 0.25) is 0 Å². The van der Waals surface area contributed by atoms with Gasteiger partial charge >= 0.3 is 11.9 Å². The lowest BCUT2D eigenvalue weighted by atomic mass is 9.92. The lowest BCUT2D eigenvalue weighted by Crippen LogP contribution is -2.23. The molecule has 4 aromatic carbocycles. The van der Waals surface area contributed by atoms with Gasteiger partial charge in [-0.05, 0) is 58.7 Å². The monoisotopic (exact) mass is 558 g/mol. The fraction of sp³-hybridized carbons (Fsp3) is 0.118. The molecule has 8 nitrogen and oxygen atoms in total. The Morgan fingerprint density at radius 1 is 0.571 bits per heavy atom. The molecule has 2 heterocycles. The van der Waals surface area contributed by atoms with Gasteiger partial charge in [0.25, 0.3) is 11.8 Å². The van der Waals surface area contributed by atoms with Crippen LogP contribution in [-0.4, -0.2) is 37.0 Å². The standard InChI is InChI=1S/C34H26N2O6/c1-3-41-33(39)27-25(31(37)35-29(27)23-15-13-19-9-5-7-11-21(19)17-23)26-28(34(40)42-4-2)30(36-32(26)38)24-16-14-20-10-6-8-12-22(20)18-24/h5-18H,3-4H2,1-2H3,(H,35,37)(H,36,38)/b26-25+. The summed E-state index contributed by atoms with van der Waals surface area (Å²) in [4.78, 5) is 54.2. The van der Waals surface area contributed by atoms with E-state index in [-0.39, 0.29) is 46.9 Å². The second kappa shape index (κ2) is 10.8. The van der Waals surface area contributed by atoms with Crippen molar-refractivity contribution in [2.45, 2.75) is 13.8 Å². The summed E-state index contributed by atoms with van der Waals surface area (Å²) in [6.07, 6.45) is 0. The lowest BCUT2D eigenvalue weighted by Gasteiger charge is -2.11. The van der Waals surface area contributed by atoms with E-state index in [0.717, 1.165) is 21.5 Å². The highest BCUT2D eigenvalue weighted by molar-refractivity contribution is 6.30. The summed E-state index contributed by atoms with van der Waals surface area (Å²) in [6, 6.07) is 26.4. The van der Waals surface area contributed by atoms with Crippen molar-refractivity contribution >= 4 is 56.7 Å². The summed E-state index contributed by atoms with van der Waals surface area (Å²) in [5.41, 5.74) is 0.767. The first-order chi connectivity index (χ1) is 20.4. The predicted octanol–water partition coefficient (Wildman–Crippen LogP) is 4.80. The van der Waals surface area contributed by atoms with E-state index in [1.165, 1.54) is 0 Å². The van der Waals surface area contributed by atoms with Crippen LogP contribution in [0.1, 0.15) is 25.0 Å². The zero-order valence-corrected chi connectivity index (χ0v) is 22.9. The Hall–Kier alpha value is -5.50. The van der Waals surface area contributed by atoms with E-state index >= 15 is 0 Å². The molecule has 0 aliphatic carbocycles. The molecule has 42 heavy (non-hydrogen) atoms. The van der Waals surface area contributed by atoms with Gasteiger partial charge in [0.1, 0.15) is 0 Å². The van der Waals surface area contributed by atoms with Crippen LogP contribution in [0, 0.1) is 0 Å². The molecular formula is C34H26N2O6. The molecule has 0 aromatic heterocycles. The highest BCUT2D eigenvalue weighted by Gasteiger charge is 2.44. The third kappa shape index (κ3) is 4.53. The molecule has 8 heteroatoms. The molecule has 0 fully saturated rings. The number of fused-ring (bicyclic) bond motifs is 2. The summed E-state index contributed by atoms with van der Waals surface area (Å²) < 4.78 is 10.7. The molecule has 2 N–H and O–H groups in total. The minimum absolute atomic E-state index is 0.0409. The molecule has 0 atom stereocenters. The van der Waals surface area contributed by atoms with Gasteiger partial charge in [-0.3, -0.25) is 9.59 Å². The third-order valence-corrected chi connectivity index (χ3v) is 7.22. The minimum Gasteiger partial charge on any atom is -0.462 e. The zero-order chi connectivity index (χ0) is 29.4. The lowest BCUT2D eigenvalue weighted by molar-refractivity contribution is -0.139. The molecular weight excluding hydrogens is 532 g/mol. The number of benzene rings is 4. The van der Waals surface area contributed by atoms with E-state index in [0.29, 0.717) is 11.1 Å². The fourth-order valence-electron chi connectivity index (χ4n) is 5.37. The molecule has 4 aromatic rings. The quantitative estimate of drug-likeness (QED) is 0.260. The van der Waals surface area contributed by atoms with Crippen LogP contribution in [0.5, 0.6) is 0 Å². The van der Waals surface area contributed by atoms with Gasteiger partial charge in [0.2, 0.25) is 0 Å². The van der Waals surface area contributed by atoms with Gasteiger partial charge in [0, 0.05) is 0 Å². The van der Waals surface area contributed by atoms with E-state index in [9.17, 15) is 19.2 Å². The molecule has 2 aliphatic heterocycles. The van der Waals surface area contributed by atoms with Gasteiger partial charge < -0.3 is 20.1 Å². The summed E-state index contributed by atoms with van der Waals surface area (Å²) in [7, 11) is 0. The van der Waals surface area contributed by atoms with Gasteiger partial charge in [-0.1, -0.05) is 72.8 Å². The SMILES string of the molecule is CCOC(=O)C1=C(c2ccc3ccccc3c2)NC(=O)/C1=C1/C(=O)NC(c2ccc3ccccc3c2)=C1C(=O)OCC. The van der Waals surface area contributed by atoms with Gasteiger partial charge in [0.05, 0.1) is 46.9 Å². The maximum absolute atomic E-state index is 13.6. The van der Waals surface area contributed by atoms with Crippen molar-refractivity contribution in [1.29, 1.82) is 0 Å². The first kappa shape index (κ1) is 26.7. The first-order valence-electron chi connectivity index (χ1n) is 13.6. The summed E-state index contributed by atoms with van der Waals surface area (Å²) >= 11 is 0. The van der Waals surface area contributed by atoms with Crippen LogP contribution < -0.4 is 10.6 Å². The Morgan fingerprint density at radius 2 is 0.952 bits per heavy atom. The summed E-state index contributed by atoms with van der Waals surface area (Å²) in [5, 5.41) is 9.28. The molecule has 0 bridgehead atoms. The molecule has 2 aliphatic rings. The van der Waals surface area contributed by atoms with Crippen LogP contribution in [0.25, 0.3) is 32.9 Å². The Kier molecular flexibility index (Phi) is 6.88. The van der Waals surface area contributed by atoms with Gasteiger partial charge in [0.15, 0.2) is 0 Å². The maximum atomic E-state index is 13.6. The van der Waals surface area contributed by atoms with Gasteiger partial charge in [-0.15, -0.1) is 0 Å². The normalized spacial score (nSPS) is 16.7. The van der Waals surface area contributed by atoms with Gasteiger partial charge in [-0.25, -0.2) is 9.59 Å². The van der Waals surface area contributed by atoms with Crippen LogP contribution in [-0.2, 0) is 28.7 Å². The molecule has 0 spiro atoms. The Morgan fingerprint density at radius 3 is 1.33 bits per heavy atom. The number of carbonyl (C=O) groups is 4. The number of hydrogen-bond donors (Lipinski definition) is 2. The van der Waals surface area contributed by atoms with Crippen LogP contribution in [0.15, 0.2) is 107 Å². The second-order valence-corrected chi connectivity index (χ2v) is 9.72. The average molecular weight is 559 g/mol. The van der Waals surface area contributed by atoms with E-state index in [1.54, 1.807) is 26.0 Å². The number of esters is 2. The van der Waals surface area contributed by atoms with Crippen molar-refractivity contribution < 1.29 is 28.7 Å². The van der Waals surface area contributed by atoms with Crippen molar-refractivity contribution in [2.24, 2.45) is 0 Å². The molecule has 0 saturated heterocycles. The number of hydrogen-bond acceptors (Lipinski definition) is 6. The van der Waals surface area contributed by atoms with Crippen molar-refractivity contribution in [3.05, 3.63) is 118 Å². The molecule has 0 radical (unpaired) electrons. The maximum Gasteiger partial charge on any atom is 0.341 e. The number of carbonyl (C=O) groups excluding carboxylic acids is 4. The largest absolute Gasteiger partial charge is 0.462 e. The molecule has 208 valence electrons. The minimum atomic E-state index is -0.795. The van der Waals surface area contributed by atoms with Gasteiger partial charge in [-0.2, -0.15) is 0 Å². The number of ether oxygens (including phenoxy) is 2. The van der Waals surface area contributed by atoms with Crippen LogP contribution in [0.3, 0.4) is 0 Å². The van der Waals surface area contributed by atoms with Crippen LogP contribution >= 0.6 is 0 Å². The molecule has 2 amide bonds. The van der Waals surface area contributed by atoms with E-state index in [1.807, 2.05) is 72.8 Å². The predicted molar refractivity (Wildman–Crippen MR) is 158 cm³/mol. The zero-order valence-electron chi connectivity index (χ0n) is 22.9. The van der Waals surface area contributed by atoms with Crippen molar-refractivity contribution in [3.8, 4) is 0 Å². The molecule has 0 saturated carbocycles. The van der Waals surface area contributed by atoms with E-state index < -0.39 is 23.8 Å². The number of amides is 2. The van der Waals surface area contributed by atoms with Crippen molar-refractivity contribution in [1.82, 2.24) is 10.6 Å². The number of nitrogens with one attached hydrogen (secondary N) is 2. The fourth-order valence-corrected chi connectivity index (χ4v) is 5.37. The Balaban J connectivity index is 1.61.